The van der Waals surface area contributed by atoms with Gasteiger partial charge in [-0.05, 0) is 29.9 Å². The second-order valence-corrected chi connectivity index (χ2v) is 5.16. The fourth-order valence-electron chi connectivity index (χ4n) is 1.31. The number of thiazole rings is 1. The second kappa shape index (κ2) is 4.37. The van der Waals surface area contributed by atoms with Crippen molar-refractivity contribution in [3.63, 3.8) is 0 Å². The van der Waals surface area contributed by atoms with Gasteiger partial charge in [0, 0.05) is 5.02 Å². The van der Waals surface area contributed by atoms with Gasteiger partial charge in [0.2, 0.25) is 0 Å². The summed E-state index contributed by atoms with van der Waals surface area (Å²) in [5.74, 6) is -1.03. The molecule has 2 rings (SSSR count). The summed E-state index contributed by atoms with van der Waals surface area (Å²) in [5, 5.41) is 9.57. The topological polar surface area (TPSA) is 53.1 Å². The molecule has 0 unspecified atom stereocenters. The Kier molecular flexibility index (Phi) is 3.09. The van der Waals surface area contributed by atoms with Gasteiger partial charge in [-0.2, -0.15) is 0 Å². The Morgan fingerprint density at radius 1 is 1.50 bits per heavy atom. The van der Waals surface area contributed by atoms with Crippen LogP contribution >= 0.6 is 35.2 Å². The molecule has 0 fully saturated rings. The van der Waals surface area contributed by atoms with Crippen LogP contribution < -0.4 is 0 Å². The van der Waals surface area contributed by atoms with Crippen LogP contribution in [0.3, 0.4) is 0 Å². The Labute approximate surface area is 105 Å². The number of carboxylic acids is 1. The van der Waals surface area contributed by atoms with Gasteiger partial charge in [-0.25, -0.2) is 4.79 Å². The van der Waals surface area contributed by atoms with Crippen LogP contribution in [0.15, 0.2) is 24.3 Å². The molecule has 16 heavy (non-hydrogen) atoms. The molecule has 2 aromatic rings. The quantitative estimate of drug-likeness (QED) is 0.817. The molecule has 2 N–H and O–H groups in total. The molecule has 0 saturated heterocycles. The van der Waals surface area contributed by atoms with Crippen molar-refractivity contribution in [2.24, 2.45) is 0 Å². The molecule has 0 radical (unpaired) electrons. The molecule has 0 aliphatic heterocycles. The normalized spacial score (nSPS) is 10.3. The lowest BCUT2D eigenvalue weighted by Gasteiger charge is -1.99. The van der Waals surface area contributed by atoms with Gasteiger partial charge in [0.25, 0.3) is 0 Å². The van der Waals surface area contributed by atoms with Crippen molar-refractivity contribution in [3.8, 4) is 10.4 Å². The zero-order chi connectivity index (χ0) is 11.7. The molecule has 1 heterocycles. The molecule has 82 valence electrons. The maximum atomic E-state index is 11.0. The second-order valence-electron chi connectivity index (χ2n) is 3.03. The SMILES string of the molecule is O=C(O)c1[nH]c(=S)sc1-c1cccc(Cl)c1. The summed E-state index contributed by atoms with van der Waals surface area (Å²) in [7, 11) is 0. The van der Waals surface area contributed by atoms with Gasteiger partial charge in [0.1, 0.15) is 5.69 Å². The number of aromatic carboxylic acids is 1. The van der Waals surface area contributed by atoms with E-state index in [1.165, 1.54) is 11.3 Å². The van der Waals surface area contributed by atoms with Gasteiger partial charge < -0.3 is 10.1 Å². The first kappa shape index (κ1) is 11.3. The van der Waals surface area contributed by atoms with E-state index in [4.69, 9.17) is 28.9 Å². The van der Waals surface area contributed by atoms with Crippen LogP contribution in [0, 0.1) is 3.95 Å². The van der Waals surface area contributed by atoms with Gasteiger partial charge in [-0.15, -0.1) is 11.3 Å². The number of aromatic nitrogens is 1. The number of hydrogen-bond acceptors (Lipinski definition) is 3. The van der Waals surface area contributed by atoms with Crippen LogP contribution in [0.4, 0.5) is 0 Å². The summed E-state index contributed by atoms with van der Waals surface area (Å²) < 4.78 is 0.437. The van der Waals surface area contributed by atoms with Gasteiger partial charge >= 0.3 is 5.97 Å². The fraction of sp³-hybridized carbons (Fsp3) is 0. The van der Waals surface area contributed by atoms with Gasteiger partial charge in [0.15, 0.2) is 3.95 Å². The smallest absolute Gasteiger partial charge is 0.353 e. The summed E-state index contributed by atoms with van der Waals surface area (Å²) in [4.78, 5) is 14.2. The number of benzene rings is 1. The third-order valence-corrected chi connectivity index (χ3v) is 3.47. The summed E-state index contributed by atoms with van der Waals surface area (Å²) in [6.45, 7) is 0. The Balaban J connectivity index is 2.64. The van der Waals surface area contributed by atoms with E-state index in [1.54, 1.807) is 24.3 Å². The molecule has 0 aliphatic carbocycles. The molecule has 0 aliphatic rings. The first-order chi connectivity index (χ1) is 7.58. The molecule has 6 heteroatoms. The van der Waals surface area contributed by atoms with Crippen molar-refractivity contribution < 1.29 is 9.90 Å². The van der Waals surface area contributed by atoms with E-state index in [1.807, 2.05) is 0 Å². The average Bonchev–Trinajstić information content (AvgIpc) is 2.60. The Morgan fingerprint density at radius 3 is 2.88 bits per heavy atom. The number of aromatic amines is 1. The summed E-state index contributed by atoms with van der Waals surface area (Å²) in [5.41, 5.74) is 0.861. The first-order valence-corrected chi connectivity index (χ1v) is 5.90. The third kappa shape index (κ3) is 2.16. The van der Waals surface area contributed by atoms with Gasteiger partial charge in [-0.3, -0.25) is 0 Å². The van der Waals surface area contributed by atoms with Gasteiger partial charge in [0.05, 0.1) is 4.88 Å². The lowest BCUT2D eigenvalue weighted by Crippen LogP contribution is -1.98. The van der Waals surface area contributed by atoms with E-state index in [0.29, 0.717) is 13.9 Å². The van der Waals surface area contributed by atoms with Crippen LogP contribution in [-0.2, 0) is 0 Å². The van der Waals surface area contributed by atoms with E-state index < -0.39 is 5.97 Å². The first-order valence-electron chi connectivity index (χ1n) is 4.30. The molecular formula is C10H6ClNO2S2. The van der Waals surface area contributed by atoms with Gasteiger partial charge in [-0.1, -0.05) is 23.7 Å². The molecule has 1 aromatic carbocycles. The minimum Gasteiger partial charge on any atom is -0.477 e. The predicted molar refractivity (Wildman–Crippen MR) is 66.9 cm³/mol. The number of nitrogens with one attached hydrogen (secondary N) is 1. The van der Waals surface area contributed by atoms with Crippen molar-refractivity contribution in [1.82, 2.24) is 4.98 Å². The maximum absolute atomic E-state index is 11.0. The maximum Gasteiger partial charge on any atom is 0.353 e. The highest BCUT2D eigenvalue weighted by atomic mass is 35.5. The monoisotopic (exact) mass is 271 g/mol. The predicted octanol–water partition coefficient (Wildman–Crippen LogP) is 3.82. The van der Waals surface area contributed by atoms with Crippen LogP contribution in [-0.4, -0.2) is 16.1 Å². The van der Waals surface area contributed by atoms with E-state index in [0.717, 1.165) is 5.56 Å². The lowest BCUT2D eigenvalue weighted by atomic mass is 10.1. The van der Waals surface area contributed by atoms with Crippen molar-refractivity contribution in [2.75, 3.05) is 0 Å². The minimum atomic E-state index is -1.03. The minimum absolute atomic E-state index is 0.109. The van der Waals surface area contributed by atoms with Crippen LogP contribution in [0.1, 0.15) is 10.5 Å². The highest BCUT2D eigenvalue weighted by molar-refractivity contribution is 7.73. The van der Waals surface area contributed by atoms with Crippen LogP contribution in [0.2, 0.25) is 5.02 Å². The standard InChI is InChI=1S/C10H6ClNO2S2/c11-6-3-1-2-5(4-6)8-7(9(13)14)12-10(15)16-8/h1-4H,(H,12,15)(H,13,14). The van der Waals surface area contributed by atoms with E-state index in [-0.39, 0.29) is 5.69 Å². The summed E-state index contributed by atoms with van der Waals surface area (Å²) in [6.07, 6.45) is 0. The largest absolute Gasteiger partial charge is 0.477 e. The van der Waals surface area contributed by atoms with Crippen molar-refractivity contribution >= 4 is 41.1 Å². The highest BCUT2D eigenvalue weighted by Gasteiger charge is 2.15. The Hall–Kier alpha value is -1.17. The van der Waals surface area contributed by atoms with Crippen molar-refractivity contribution in [1.29, 1.82) is 0 Å². The highest BCUT2D eigenvalue weighted by Crippen LogP contribution is 2.30. The molecular weight excluding hydrogens is 266 g/mol. The zero-order valence-electron chi connectivity index (χ0n) is 7.86. The van der Waals surface area contributed by atoms with Crippen LogP contribution in [0.25, 0.3) is 10.4 Å². The van der Waals surface area contributed by atoms with E-state index >= 15 is 0 Å². The molecule has 0 spiro atoms. The van der Waals surface area contributed by atoms with Crippen molar-refractivity contribution in [2.45, 2.75) is 0 Å². The zero-order valence-corrected chi connectivity index (χ0v) is 10.2. The Bertz CT molecular complexity index is 603. The fourth-order valence-corrected chi connectivity index (χ4v) is 2.68. The number of halogens is 1. The van der Waals surface area contributed by atoms with Crippen molar-refractivity contribution in [3.05, 3.63) is 38.9 Å². The summed E-state index contributed by atoms with van der Waals surface area (Å²) in [6, 6.07) is 7.01. The molecule has 0 saturated carbocycles. The number of hydrogen-bond donors (Lipinski definition) is 2. The molecule has 0 atom stereocenters. The average molecular weight is 272 g/mol. The molecule has 0 bridgehead atoms. The molecule has 1 aromatic heterocycles. The van der Waals surface area contributed by atoms with E-state index in [2.05, 4.69) is 4.98 Å². The van der Waals surface area contributed by atoms with E-state index in [9.17, 15) is 4.79 Å². The number of carbonyl (C=O) groups is 1. The lowest BCUT2D eigenvalue weighted by molar-refractivity contribution is 0.0692. The Morgan fingerprint density at radius 2 is 2.25 bits per heavy atom. The number of rotatable bonds is 2. The van der Waals surface area contributed by atoms with Crippen LogP contribution in [0.5, 0.6) is 0 Å². The third-order valence-electron chi connectivity index (χ3n) is 1.95. The summed E-state index contributed by atoms with van der Waals surface area (Å²) >= 11 is 12.0. The molecule has 3 nitrogen and oxygen atoms in total. The number of carboxylic acid groups (broad SMARTS) is 1. The molecule has 0 amide bonds. The number of H-pyrrole nitrogens is 1.